The molecule has 5 nitrogen and oxygen atoms in total. The van der Waals surface area contributed by atoms with Crippen molar-refractivity contribution >= 4 is 22.6 Å². The number of ketones is 1. The average molecular weight is 339 g/mol. The molecule has 1 amide bonds. The maximum Gasteiger partial charge on any atom is 0.225 e. The number of H-pyrrole nitrogens is 1. The zero-order valence-electron chi connectivity index (χ0n) is 14.5. The summed E-state index contributed by atoms with van der Waals surface area (Å²) in [6.07, 6.45) is 6.30. The summed E-state index contributed by atoms with van der Waals surface area (Å²) in [5, 5.41) is 0.988. The molecule has 1 aliphatic heterocycles. The Bertz CT molecular complexity index is 768. The number of amides is 1. The number of para-hydroxylation sites is 1. The van der Waals surface area contributed by atoms with Crippen LogP contribution in [0.2, 0.25) is 0 Å². The molecule has 1 saturated heterocycles. The fourth-order valence-electron chi connectivity index (χ4n) is 4.15. The first-order valence-electron chi connectivity index (χ1n) is 9.33. The molecule has 25 heavy (non-hydrogen) atoms. The van der Waals surface area contributed by atoms with Crippen molar-refractivity contribution in [1.29, 1.82) is 0 Å². The van der Waals surface area contributed by atoms with E-state index in [9.17, 15) is 9.59 Å². The van der Waals surface area contributed by atoms with Gasteiger partial charge < -0.3 is 9.88 Å². The second-order valence-corrected chi connectivity index (χ2v) is 7.25. The van der Waals surface area contributed by atoms with Crippen LogP contribution in [-0.4, -0.2) is 59.2 Å². The van der Waals surface area contributed by atoms with E-state index in [1.165, 1.54) is 12.8 Å². The van der Waals surface area contributed by atoms with Gasteiger partial charge in [0.15, 0.2) is 5.78 Å². The first-order valence-corrected chi connectivity index (χ1v) is 9.33. The topological polar surface area (TPSA) is 56.4 Å². The summed E-state index contributed by atoms with van der Waals surface area (Å²) in [6, 6.07) is 7.89. The van der Waals surface area contributed by atoms with Crippen molar-refractivity contribution in [3.8, 4) is 0 Å². The minimum Gasteiger partial charge on any atom is -0.360 e. The summed E-state index contributed by atoms with van der Waals surface area (Å²) < 4.78 is 0. The van der Waals surface area contributed by atoms with Crippen LogP contribution in [-0.2, 0) is 4.79 Å². The summed E-state index contributed by atoms with van der Waals surface area (Å²) in [5.74, 6) is 0.729. The highest BCUT2D eigenvalue weighted by Gasteiger charge is 2.29. The smallest absolute Gasteiger partial charge is 0.225 e. The van der Waals surface area contributed by atoms with Crippen LogP contribution in [0.5, 0.6) is 0 Å². The highest BCUT2D eigenvalue weighted by atomic mass is 16.2. The zero-order chi connectivity index (χ0) is 17.2. The Morgan fingerprint density at radius 1 is 1.04 bits per heavy atom. The van der Waals surface area contributed by atoms with Crippen LogP contribution in [0.4, 0.5) is 0 Å². The van der Waals surface area contributed by atoms with Gasteiger partial charge in [-0.05, 0) is 18.9 Å². The maximum atomic E-state index is 12.7. The summed E-state index contributed by atoms with van der Waals surface area (Å²) in [7, 11) is 0. The Labute approximate surface area is 148 Å². The second kappa shape index (κ2) is 7.00. The number of carbonyl (C=O) groups excluding carboxylic acids is 2. The molecule has 0 unspecified atom stereocenters. The number of hydrogen-bond donors (Lipinski definition) is 1. The van der Waals surface area contributed by atoms with E-state index in [0.29, 0.717) is 12.5 Å². The number of benzene rings is 1. The number of fused-ring (bicyclic) bond motifs is 1. The van der Waals surface area contributed by atoms with Crippen molar-refractivity contribution in [3.63, 3.8) is 0 Å². The van der Waals surface area contributed by atoms with Gasteiger partial charge >= 0.3 is 0 Å². The van der Waals surface area contributed by atoms with Gasteiger partial charge in [-0.2, -0.15) is 0 Å². The number of aromatic nitrogens is 1. The molecule has 1 saturated carbocycles. The van der Waals surface area contributed by atoms with Crippen LogP contribution in [0.25, 0.3) is 10.9 Å². The second-order valence-electron chi connectivity index (χ2n) is 7.25. The quantitative estimate of drug-likeness (QED) is 0.872. The molecule has 4 rings (SSSR count). The van der Waals surface area contributed by atoms with Crippen molar-refractivity contribution in [2.75, 3.05) is 32.7 Å². The monoisotopic (exact) mass is 339 g/mol. The first-order chi connectivity index (χ1) is 12.2. The van der Waals surface area contributed by atoms with Gasteiger partial charge in [0.1, 0.15) is 0 Å². The van der Waals surface area contributed by atoms with E-state index in [1.54, 1.807) is 0 Å². The van der Waals surface area contributed by atoms with E-state index in [1.807, 2.05) is 35.4 Å². The molecule has 0 atom stereocenters. The third-order valence-electron chi connectivity index (χ3n) is 5.65. The third kappa shape index (κ3) is 3.33. The van der Waals surface area contributed by atoms with E-state index in [0.717, 1.165) is 55.5 Å². The van der Waals surface area contributed by atoms with Crippen LogP contribution >= 0.6 is 0 Å². The fraction of sp³-hybridized carbons (Fsp3) is 0.500. The SMILES string of the molecule is O=C(CN1CCN(C(=O)C2CCCC2)CC1)c1c[nH]c2ccccc12. The predicted octanol–water partition coefficient (Wildman–Crippen LogP) is 2.69. The molecule has 2 fully saturated rings. The van der Waals surface area contributed by atoms with Crippen LogP contribution in [0.15, 0.2) is 30.5 Å². The van der Waals surface area contributed by atoms with Gasteiger partial charge in [0.05, 0.1) is 6.54 Å². The van der Waals surface area contributed by atoms with Gasteiger partial charge in [0.2, 0.25) is 5.91 Å². The lowest BCUT2D eigenvalue weighted by Gasteiger charge is -2.35. The minimum absolute atomic E-state index is 0.146. The van der Waals surface area contributed by atoms with E-state index < -0.39 is 0 Å². The summed E-state index contributed by atoms with van der Waals surface area (Å²) >= 11 is 0. The van der Waals surface area contributed by atoms with Crippen molar-refractivity contribution in [2.45, 2.75) is 25.7 Å². The molecule has 132 valence electrons. The minimum atomic E-state index is 0.146. The molecule has 0 radical (unpaired) electrons. The molecule has 5 heteroatoms. The summed E-state index contributed by atoms with van der Waals surface area (Å²) in [5.41, 5.74) is 1.76. The lowest BCUT2D eigenvalue weighted by Crippen LogP contribution is -2.51. The maximum absolute atomic E-state index is 12.7. The molecule has 1 N–H and O–H groups in total. The number of Topliss-reactive ketones (excluding diaryl/α,β-unsaturated/α-hetero) is 1. The number of carbonyl (C=O) groups is 2. The van der Waals surface area contributed by atoms with Crippen LogP contribution < -0.4 is 0 Å². The van der Waals surface area contributed by atoms with Crippen molar-refractivity contribution < 1.29 is 9.59 Å². The lowest BCUT2D eigenvalue weighted by molar-refractivity contribution is -0.137. The van der Waals surface area contributed by atoms with Crippen molar-refractivity contribution in [3.05, 3.63) is 36.0 Å². The molecule has 2 aromatic rings. The molecule has 0 spiro atoms. The van der Waals surface area contributed by atoms with E-state index in [2.05, 4.69) is 9.88 Å². The molecule has 2 aliphatic rings. The van der Waals surface area contributed by atoms with Crippen LogP contribution in [0, 0.1) is 5.92 Å². The predicted molar refractivity (Wildman–Crippen MR) is 97.6 cm³/mol. The Morgan fingerprint density at radius 3 is 2.52 bits per heavy atom. The standard InChI is InChI=1S/C20H25N3O2/c24-19(17-13-21-18-8-4-3-7-16(17)18)14-22-9-11-23(12-10-22)20(25)15-5-1-2-6-15/h3-4,7-8,13,15,21H,1-2,5-6,9-12,14H2. The van der Waals surface area contributed by atoms with Gasteiger partial charge in [-0.3, -0.25) is 14.5 Å². The number of piperazine rings is 1. The largest absolute Gasteiger partial charge is 0.360 e. The molecule has 1 aromatic carbocycles. The van der Waals surface area contributed by atoms with Gasteiger partial charge in [-0.15, -0.1) is 0 Å². The fourth-order valence-corrected chi connectivity index (χ4v) is 4.15. The number of hydrogen-bond acceptors (Lipinski definition) is 3. The summed E-state index contributed by atoms with van der Waals surface area (Å²) in [4.78, 5) is 32.5. The molecule has 2 heterocycles. The number of nitrogens with one attached hydrogen (secondary N) is 1. The Morgan fingerprint density at radius 2 is 1.76 bits per heavy atom. The van der Waals surface area contributed by atoms with Gasteiger partial charge in [-0.1, -0.05) is 31.0 Å². The van der Waals surface area contributed by atoms with Crippen molar-refractivity contribution in [2.24, 2.45) is 5.92 Å². The molecule has 1 aromatic heterocycles. The van der Waals surface area contributed by atoms with Gasteiger partial charge in [-0.25, -0.2) is 0 Å². The molecule has 0 bridgehead atoms. The Hall–Kier alpha value is -2.14. The lowest BCUT2D eigenvalue weighted by atomic mass is 10.1. The zero-order valence-corrected chi connectivity index (χ0v) is 14.5. The van der Waals surface area contributed by atoms with Crippen molar-refractivity contribution in [1.82, 2.24) is 14.8 Å². The van der Waals surface area contributed by atoms with Crippen LogP contribution in [0.1, 0.15) is 36.0 Å². The van der Waals surface area contributed by atoms with Crippen LogP contribution in [0.3, 0.4) is 0 Å². The first kappa shape index (κ1) is 16.3. The molecule has 1 aliphatic carbocycles. The number of rotatable bonds is 4. The highest BCUT2D eigenvalue weighted by Crippen LogP contribution is 2.27. The highest BCUT2D eigenvalue weighted by molar-refractivity contribution is 6.08. The van der Waals surface area contributed by atoms with E-state index >= 15 is 0 Å². The summed E-state index contributed by atoms with van der Waals surface area (Å²) in [6.45, 7) is 3.49. The van der Waals surface area contributed by atoms with Gasteiger partial charge in [0, 0.05) is 54.8 Å². The Balaban J connectivity index is 1.34. The van der Waals surface area contributed by atoms with Gasteiger partial charge in [0.25, 0.3) is 0 Å². The molecular weight excluding hydrogens is 314 g/mol. The van der Waals surface area contributed by atoms with E-state index in [4.69, 9.17) is 0 Å². The van der Waals surface area contributed by atoms with E-state index in [-0.39, 0.29) is 11.7 Å². The average Bonchev–Trinajstić information content (AvgIpc) is 3.31. The third-order valence-corrected chi connectivity index (χ3v) is 5.65. The molecular formula is C20H25N3O2. The number of aromatic amines is 1. The Kier molecular flexibility index (Phi) is 4.57. The normalized spacial score (nSPS) is 19.6. The number of nitrogens with zero attached hydrogens (tertiary/aromatic N) is 2.